The zero-order valence-corrected chi connectivity index (χ0v) is 9.05. The van der Waals surface area contributed by atoms with Crippen LogP contribution in [-0.4, -0.2) is 48.7 Å². The molecule has 0 aromatic rings. The van der Waals surface area contributed by atoms with E-state index in [1.54, 1.807) is 0 Å². The number of alkyl halides is 6. The van der Waals surface area contributed by atoms with Crippen molar-refractivity contribution in [2.75, 3.05) is 13.2 Å². The van der Waals surface area contributed by atoms with Gasteiger partial charge in [-0.25, -0.2) is 4.79 Å². The van der Waals surface area contributed by atoms with Crippen LogP contribution in [0.3, 0.4) is 0 Å². The average Bonchev–Trinajstić information content (AvgIpc) is 2.21. The molecule has 0 rings (SSSR count). The van der Waals surface area contributed by atoms with Crippen molar-refractivity contribution in [3.8, 4) is 0 Å². The SMILES string of the molecule is O=C(CC(O)C(=O)OCC(F)(F)F)OCC(F)(F)F. The quantitative estimate of drug-likeness (QED) is 0.604. The zero-order valence-electron chi connectivity index (χ0n) is 9.05. The van der Waals surface area contributed by atoms with E-state index in [4.69, 9.17) is 5.11 Å². The molecule has 112 valence electrons. The fraction of sp³-hybridized carbons (Fsp3) is 0.750. The van der Waals surface area contributed by atoms with Gasteiger partial charge in [-0.15, -0.1) is 0 Å². The molecule has 0 aromatic heterocycles. The number of hydrogen-bond donors (Lipinski definition) is 1. The number of ether oxygens (including phenoxy) is 2. The molecule has 0 radical (unpaired) electrons. The van der Waals surface area contributed by atoms with Gasteiger partial charge in [0.15, 0.2) is 19.3 Å². The molecule has 0 aliphatic rings. The highest BCUT2D eigenvalue weighted by molar-refractivity contribution is 5.81. The smallest absolute Gasteiger partial charge is 0.422 e. The lowest BCUT2D eigenvalue weighted by molar-refractivity contribution is -0.195. The summed E-state index contributed by atoms with van der Waals surface area (Å²) < 4.78 is 76.9. The van der Waals surface area contributed by atoms with Crippen molar-refractivity contribution in [2.24, 2.45) is 0 Å². The largest absolute Gasteiger partial charge is 0.456 e. The second-order valence-corrected chi connectivity index (χ2v) is 3.22. The van der Waals surface area contributed by atoms with Crippen LogP contribution in [0, 0.1) is 0 Å². The van der Waals surface area contributed by atoms with E-state index in [2.05, 4.69) is 9.47 Å². The number of aliphatic hydroxyl groups is 1. The molecule has 0 aromatic carbocycles. The minimum atomic E-state index is -4.83. The minimum Gasteiger partial charge on any atom is -0.456 e. The van der Waals surface area contributed by atoms with Crippen LogP contribution in [0.4, 0.5) is 26.3 Å². The number of carbonyl (C=O) groups is 2. The van der Waals surface area contributed by atoms with E-state index in [9.17, 15) is 35.9 Å². The van der Waals surface area contributed by atoms with Crippen LogP contribution in [0.1, 0.15) is 6.42 Å². The summed E-state index contributed by atoms with van der Waals surface area (Å²) >= 11 is 0. The molecule has 0 bridgehead atoms. The van der Waals surface area contributed by atoms with E-state index in [0.717, 1.165) is 0 Å². The maximum absolute atomic E-state index is 11.6. The summed E-state index contributed by atoms with van der Waals surface area (Å²) in [6, 6.07) is 0. The van der Waals surface area contributed by atoms with Gasteiger partial charge >= 0.3 is 24.3 Å². The molecule has 1 atom stereocenters. The molecule has 0 saturated carbocycles. The fourth-order valence-electron chi connectivity index (χ4n) is 0.712. The Morgan fingerprint density at radius 1 is 0.947 bits per heavy atom. The number of carbonyl (C=O) groups excluding carboxylic acids is 2. The van der Waals surface area contributed by atoms with Gasteiger partial charge in [0.05, 0.1) is 6.42 Å². The minimum absolute atomic E-state index is 1.24. The number of aliphatic hydroxyl groups excluding tert-OH is 1. The van der Waals surface area contributed by atoms with E-state index in [1.807, 2.05) is 0 Å². The molecule has 0 fully saturated rings. The first-order valence-electron chi connectivity index (χ1n) is 4.54. The molecular formula is C8H8F6O5. The van der Waals surface area contributed by atoms with Gasteiger partial charge in [-0.2, -0.15) is 26.3 Å². The summed E-state index contributed by atoms with van der Waals surface area (Å²) in [7, 11) is 0. The van der Waals surface area contributed by atoms with Crippen LogP contribution >= 0.6 is 0 Å². The summed E-state index contributed by atoms with van der Waals surface area (Å²) in [5, 5.41) is 8.89. The third-order valence-electron chi connectivity index (χ3n) is 1.41. The molecule has 5 nitrogen and oxygen atoms in total. The van der Waals surface area contributed by atoms with Gasteiger partial charge in [-0.3, -0.25) is 4.79 Å². The topological polar surface area (TPSA) is 72.8 Å². The highest BCUT2D eigenvalue weighted by atomic mass is 19.4. The highest BCUT2D eigenvalue weighted by Gasteiger charge is 2.33. The summed E-state index contributed by atoms with van der Waals surface area (Å²) in [4.78, 5) is 21.4. The average molecular weight is 298 g/mol. The van der Waals surface area contributed by atoms with E-state index < -0.39 is 50.0 Å². The van der Waals surface area contributed by atoms with Gasteiger partial charge in [0.2, 0.25) is 0 Å². The molecule has 1 unspecified atom stereocenters. The van der Waals surface area contributed by atoms with Crippen molar-refractivity contribution < 1.29 is 50.5 Å². The van der Waals surface area contributed by atoms with Crippen molar-refractivity contribution in [1.82, 2.24) is 0 Å². The van der Waals surface area contributed by atoms with E-state index >= 15 is 0 Å². The van der Waals surface area contributed by atoms with Gasteiger partial charge in [0, 0.05) is 0 Å². The van der Waals surface area contributed by atoms with E-state index in [1.165, 1.54) is 0 Å². The lowest BCUT2D eigenvalue weighted by Gasteiger charge is -2.12. The summed E-state index contributed by atoms with van der Waals surface area (Å²) in [6.45, 7) is -3.92. The lowest BCUT2D eigenvalue weighted by Crippen LogP contribution is -2.31. The Labute approximate surface area is 102 Å². The monoisotopic (exact) mass is 298 g/mol. The fourth-order valence-corrected chi connectivity index (χ4v) is 0.712. The first-order valence-corrected chi connectivity index (χ1v) is 4.54. The van der Waals surface area contributed by atoms with Gasteiger partial charge in [0.1, 0.15) is 0 Å². The second kappa shape index (κ2) is 6.59. The highest BCUT2D eigenvalue weighted by Crippen LogP contribution is 2.16. The van der Waals surface area contributed by atoms with E-state index in [0.29, 0.717) is 0 Å². The Balaban J connectivity index is 4.05. The van der Waals surface area contributed by atoms with Crippen molar-refractivity contribution >= 4 is 11.9 Å². The Bertz CT molecular complexity index is 323. The molecular weight excluding hydrogens is 290 g/mol. The molecule has 0 saturated heterocycles. The van der Waals surface area contributed by atoms with Crippen LogP contribution in [0.5, 0.6) is 0 Å². The third-order valence-corrected chi connectivity index (χ3v) is 1.41. The van der Waals surface area contributed by atoms with Crippen molar-refractivity contribution in [3.05, 3.63) is 0 Å². The van der Waals surface area contributed by atoms with Crippen LogP contribution in [-0.2, 0) is 19.1 Å². The number of halogens is 6. The van der Waals surface area contributed by atoms with Crippen LogP contribution in [0.15, 0.2) is 0 Å². The maximum atomic E-state index is 11.6. The lowest BCUT2D eigenvalue weighted by atomic mass is 10.2. The van der Waals surface area contributed by atoms with Crippen molar-refractivity contribution in [3.63, 3.8) is 0 Å². The zero-order chi connectivity index (χ0) is 15.3. The number of esters is 2. The molecule has 1 N–H and O–H groups in total. The normalized spacial score (nSPS) is 13.8. The summed E-state index contributed by atoms with van der Waals surface area (Å²) in [5.74, 6) is -3.39. The summed E-state index contributed by atoms with van der Waals surface area (Å²) in [6.07, 6.45) is -13.2. The number of hydrogen-bond acceptors (Lipinski definition) is 5. The Morgan fingerprint density at radius 2 is 1.37 bits per heavy atom. The predicted molar refractivity (Wildman–Crippen MR) is 44.7 cm³/mol. The van der Waals surface area contributed by atoms with Gasteiger partial charge in [-0.05, 0) is 0 Å². The van der Waals surface area contributed by atoms with Crippen LogP contribution in [0.2, 0.25) is 0 Å². The molecule has 0 aliphatic heterocycles. The van der Waals surface area contributed by atoms with Gasteiger partial charge < -0.3 is 14.6 Å². The van der Waals surface area contributed by atoms with Crippen LogP contribution < -0.4 is 0 Å². The van der Waals surface area contributed by atoms with Gasteiger partial charge in [0.25, 0.3) is 0 Å². The molecule has 0 aliphatic carbocycles. The molecule has 0 spiro atoms. The predicted octanol–water partition coefficient (Wildman–Crippen LogP) is 0.948. The second-order valence-electron chi connectivity index (χ2n) is 3.22. The third kappa shape index (κ3) is 10.1. The maximum Gasteiger partial charge on any atom is 0.422 e. The van der Waals surface area contributed by atoms with E-state index in [-0.39, 0.29) is 0 Å². The Hall–Kier alpha value is -1.52. The first-order chi connectivity index (χ1) is 8.41. The first kappa shape index (κ1) is 17.5. The Morgan fingerprint density at radius 3 is 1.79 bits per heavy atom. The molecule has 0 amide bonds. The summed E-state index contributed by atoms with van der Waals surface area (Å²) in [5.41, 5.74) is 0. The standard InChI is InChI=1S/C8H8F6O5/c9-7(10,11)2-18-5(16)1-4(15)6(17)19-3-8(12,13)14/h4,15H,1-3H2. The molecule has 19 heavy (non-hydrogen) atoms. The molecule has 11 heteroatoms. The Kier molecular flexibility index (Phi) is 6.06. The number of rotatable bonds is 5. The van der Waals surface area contributed by atoms with Crippen LogP contribution in [0.25, 0.3) is 0 Å². The van der Waals surface area contributed by atoms with Crippen molar-refractivity contribution in [2.45, 2.75) is 24.9 Å². The van der Waals surface area contributed by atoms with Gasteiger partial charge in [-0.1, -0.05) is 0 Å². The molecule has 0 heterocycles. The van der Waals surface area contributed by atoms with Crippen molar-refractivity contribution in [1.29, 1.82) is 0 Å².